The van der Waals surface area contributed by atoms with Gasteiger partial charge in [0.1, 0.15) is 23.7 Å². The minimum absolute atomic E-state index is 0.0525. The lowest BCUT2D eigenvalue weighted by atomic mass is 9.88. The summed E-state index contributed by atoms with van der Waals surface area (Å²) in [6.07, 6.45) is 5.68. The molecule has 2 heterocycles. The van der Waals surface area contributed by atoms with Crippen molar-refractivity contribution in [2.45, 2.75) is 24.9 Å². The van der Waals surface area contributed by atoms with Crippen LogP contribution >= 0.6 is 0 Å². The lowest BCUT2D eigenvalue weighted by molar-refractivity contribution is -0.906. The van der Waals surface area contributed by atoms with E-state index in [0.717, 1.165) is 35.1 Å². The Labute approximate surface area is 151 Å². The van der Waals surface area contributed by atoms with E-state index in [1.54, 1.807) is 24.3 Å². The van der Waals surface area contributed by atoms with E-state index in [9.17, 15) is 13.6 Å². The first-order valence-corrected chi connectivity index (χ1v) is 8.85. The summed E-state index contributed by atoms with van der Waals surface area (Å²) < 4.78 is 26.3. The van der Waals surface area contributed by atoms with Crippen molar-refractivity contribution >= 4 is 17.9 Å². The van der Waals surface area contributed by atoms with Crippen molar-refractivity contribution in [2.75, 3.05) is 7.05 Å². The summed E-state index contributed by atoms with van der Waals surface area (Å²) in [6.45, 7) is 0. The van der Waals surface area contributed by atoms with Gasteiger partial charge in [-0.25, -0.2) is 8.78 Å². The Morgan fingerprint density at radius 1 is 0.808 bits per heavy atom. The molecule has 4 rings (SSSR count). The van der Waals surface area contributed by atoms with Crippen molar-refractivity contribution < 1.29 is 18.5 Å². The van der Waals surface area contributed by atoms with E-state index < -0.39 is 0 Å². The average molecular weight is 352 g/mol. The molecule has 2 aromatic carbocycles. The summed E-state index contributed by atoms with van der Waals surface area (Å²) in [6, 6.07) is 12.7. The molecule has 1 unspecified atom stereocenters. The molecule has 2 bridgehead atoms. The summed E-state index contributed by atoms with van der Waals surface area (Å²) in [5.74, 6) is -0.526. The predicted octanol–water partition coefficient (Wildman–Crippen LogP) is 3.06. The molecule has 0 spiro atoms. The highest BCUT2D eigenvalue weighted by atomic mass is 19.1. The molecule has 0 aromatic heterocycles. The number of nitrogens with one attached hydrogen (secondary N) is 1. The number of rotatable bonds is 2. The third-order valence-electron chi connectivity index (χ3n) is 5.50. The third-order valence-corrected chi connectivity index (χ3v) is 5.50. The molecule has 2 fully saturated rings. The highest BCUT2D eigenvalue weighted by molar-refractivity contribution is 6.15. The molecule has 2 aliphatic rings. The Morgan fingerprint density at radius 3 is 1.58 bits per heavy atom. The predicted molar refractivity (Wildman–Crippen MR) is 97.5 cm³/mol. The van der Waals surface area contributed by atoms with Crippen LogP contribution in [-0.2, 0) is 4.79 Å². The first-order valence-electron chi connectivity index (χ1n) is 8.85. The molecule has 0 amide bonds. The van der Waals surface area contributed by atoms with Gasteiger partial charge in [0.05, 0.1) is 18.2 Å². The molecule has 4 heteroatoms. The Kier molecular flexibility index (Phi) is 4.29. The minimum atomic E-state index is -0.289. The van der Waals surface area contributed by atoms with Crippen LogP contribution in [0.4, 0.5) is 8.78 Å². The second-order valence-corrected chi connectivity index (χ2v) is 7.06. The van der Waals surface area contributed by atoms with Gasteiger partial charge in [-0.1, -0.05) is 24.3 Å². The molecule has 2 saturated heterocycles. The number of quaternary nitrogens is 1. The van der Waals surface area contributed by atoms with Gasteiger partial charge in [0.2, 0.25) is 0 Å². The van der Waals surface area contributed by atoms with Gasteiger partial charge in [-0.15, -0.1) is 0 Å². The van der Waals surface area contributed by atoms with Gasteiger partial charge in [0, 0.05) is 12.8 Å². The van der Waals surface area contributed by atoms with Crippen molar-refractivity contribution in [1.82, 2.24) is 0 Å². The maximum Gasteiger partial charge on any atom is 0.196 e. The molecule has 0 aliphatic carbocycles. The van der Waals surface area contributed by atoms with Crippen molar-refractivity contribution in [2.24, 2.45) is 0 Å². The molecule has 2 aliphatic heterocycles. The Morgan fingerprint density at radius 2 is 1.19 bits per heavy atom. The van der Waals surface area contributed by atoms with Crippen molar-refractivity contribution in [3.05, 3.63) is 82.4 Å². The maximum atomic E-state index is 13.2. The average Bonchev–Trinajstić information content (AvgIpc) is 2.94. The highest BCUT2D eigenvalue weighted by Crippen LogP contribution is 2.31. The monoisotopic (exact) mass is 352 g/mol. The van der Waals surface area contributed by atoms with Gasteiger partial charge in [-0.2, -0.15) is 0 Å². The summed E-state index contributed by atoms with van der Waals surface area (Å²) in [5, 5.41) is 0. The van der Waals surface area contributed by atoms with Gasteiger partial charge >= 0.3 is 0 Å². The zero-order chi connectivity index (χ0) is 18.3. The number of likely N-dealkylation sites (N-methyl/N-ethyl adjacent to an activating group) is 1. The molecule has 132 valence electrons. The summed E-state index contributed by atoms with van der Waals surface area (Å²) in [4.78, 5) is 14.5. The number of carbonyl (C=O) groups excluding carboxylic acids is 1. The first-order chi connectivity index (χ1) is 12.5. The van der Waals surface area contributed by atoms with Crippen molar-refractivity contribution in [3.8, 4) is 0 Å². The number of hydrogen-bond acceptors (Lipinski definition) is 1. The molecule has 26 heavy (non-hydrogen) atoms. The van der Waals surface area contributed by atoms with Crippen LogP contribution in [0.2, 0.25) is 0 Å². The molecule has 3 atom stereocenters. The van der Waals surface area contributed by atoms with Gasteiger partial charge in [-0.05, 0) is 47.5 Å². The zero-order valence-electron chi connectivity index (χ0n) is 14.5. The molecular formula is C22H20F2NO+. The Hall–Kier alpha value is -2.59. The van der Waals surface area contributed by atoms with Crippen LogP contribution in [0.15, 0.2) is 59.7 Å². The van der Waals surface area contributed by atoms with E-state index in [4.69, 9.17) is 0 Å². The fraction of sp³-hybridized carbons (Fsp3) is 0.227. The molecule has 2 aromatic rings. The van der Waals surface area contributed by atoms with E-state index in [-0.39, 0.29) is 29.5 Å². The zero-order valence-corrected chi connectivity index (χ0v) is 14.5. The van der Waals surface area contributed by atoms with Crippen LogP contribution in [-0.4, -0.2) is 24.9 Å². The molecule has 2 nitrogen and oxygen atoms in total. The number of hydrogen-bond donors (Lipinski definition) is 1. The van der Waals surface area contributed by atoms with Crippen molar-refractivity contribution in [1.29, 1.82) is 0 Å². The minimum Gasteiger partial charge on any atom is -0.325 e. The summed E-state index contributed by atoms with van der Waals surface area (Å²) in [5.41, 5.74) is 3.20. The second kappa shape index (κ2) is 6.61. The molecule has 1 N–H and O–H groups in total. The van der Waals surface area contributed by atoms with Gasteiger partial charge in [0.25, 0.3) is 0 Å². The van der Waals surface area contributed by atoms with Crippen molar-refractivity contribution in [3.63, 3.8) is 0 Å². The van der Waals surface area contributed by atoms with Gasteiger partial charge in [-0.3, -0.25) is 4.79 Å². The van der Waals surface area contributed by atoms with Gasteiger partial charge in [0.15, 0.2) is 5.78 Å². The lowest BCUT2D eigenvalue weighted by Crippen LogP contribution is -3.16. The Balaban J connectivity index is 1.75. The van der Waals surface area contributed by atoms with Crippen LogP contribution in [0, 0.1) is 11.6 Å². The number of Topliss-reactive ketones (excluding diaryl/α,β-unsaturated/α-hetero) is 1. The number of piperidine rings is 1. The summed E-state index contributed by atoms with van der Waals surface area (Å²) in [7, 11) is 2.12. The molecule has 0 saturated carbocycles. The number of ketones is 1. The maximum absolute atomic E-state index is 13.2. The lowest BCUT2D eigenvalue weighted by Gasteiger charge is -2.31. The number of benzene rings is 2. The van der Waals surface area contributed by atoms with Crippen LogP contribution in [0.5, 0.6) is 0 Å². The van der Waals surface area contributed by atoms with Crippen LogP contribution < -0.4 is 4.90 Å². The topological polar surface area (TPSA) is 21.5 Å². The molecular weight excluding hydrogens is 332 g/mol. The van der Waals surface area contributed by atoms with Crippen LogP contribution in [0.1, 0.15) is 24.0 Å². The van der Waals surface area contributed by atoms with E-state index in [1.165, 1.54) is 29.2 Å². The summed E-state index contributed by atoms with van der Waals surface area (Å²) >= 11 is 0. The van der Waals surface area contributed by atoms with Crippen LogP contribution in [0.3, 0.4) is 0 Å². The second-order valence-electron chi connectivity index (χ2n) is 7.06. The molecule has 0 radical (unpaired) electrons. The quantitative estimate of drug-likeness (QED) is 0.825. The number of carbonyl (C=O) groups is 1. The van der Waals surface area contributed by atoms with E-state index in [2.05, 4.69) is 7.05 Å². The van der Waals surface area contributed by atoms with E-state index in [0.29, 0.717) is 0 Å². The fourth-order valence-electron chi connectivity index (χ4n) is 4.13. The fourth-order valence-corrected chi connectivity index (χ4v) is 4.13. The number of fused-ring (bicyclic) bond motifs is 2. The van der Waals surface area contributed by atoms with Gasteiger partial charge < -0.3 is 4.90 Å². The SMILES string of the molecule is C[NH+]1[C@@H]2CC[C@H]1C(=Cc1ccc(F)cc1)C(=O)C2=Cc1ccc(F)cc1. The normalized spacial score (nSPS) is 28.1. The smallest absolute Gasteiger partial charge is 0.196 e. The largest absolute Gasteiger partial charge is 0.325 e. The van der Waals surface area contributed by atoms with E-state index >= 15 is 0 Å². The standard InChI is InChI=1S/C22H19F2NO/c1-25-20-10-11-21(25)19(13-15-4-8-17(24)9-5-15)22(26)18(20)12-14-2-6-16(23)7-3-14/h2-9,12-13,20-21H,10-11H2,1H3/p+1/t20-,21+. The first kappa shape index (κ1) is 16.9. The highest BCUT2D eigenvalue weighted by Gasteiger charge is 2.48. The number of halogens is 2. The third kappa shape index (κ3) is 3.01. The van der Waals surface area contributed by atoms with Crippen LogP contribution in [0.25, 0.3) is 12.2 Å². The Bertz CT molecular complexity index is 823. The van der Waals surface area contributed by atoms with E-state index in [1.807, 2.05) is 12.2 Å².